The molecule has 8 aromatic carbocycles. The lowest BCUT2D eigenvalue weighted by Crippen LogP contribution is -2.13. The molecule has 4 heteroatoms. The summed E-state index contributed by atoms with van der Waals surface area (Å²) >= 11 is 0. The van der Waals surface area contributed by atoms with E-state index in [9.17, 15) is 10.5 Å². The van der Waals surface area contributed by atoms with Gasteiger partial charge >= 0.3 is 0 Å². The third kappa shape index (κ3) is 7.38. The van der Waals surface area contributed by atoms with Crippen LogP contribution in [0.15, 0.2) is 183 Å². The molecule has 294 valence electrons. The standard InChI is InChI=1S/C57H46N4/c1-7-11-13-41(10-4)43-20-30-49(31-21-43)61(47-26-16-39(6)17-27-47)55-35-45-23-32-50-52(36-58)54(34-44-22-33-51(53(55)37-59)57(45)56(44)50)60(46-24-14-38(5)15-25-46)48-28-18-42(19-29-48)40(9-3)12-8-2/h7-35H,4H2,1-3,5-6H3/b11-7-,12-8-,40-9+,41-13+. The zero-order valence-electron chi connectivity index (χ0n) is 35.2. The van der Waals surface area contributed by atoms with Gasteiger partial charge in [0, 0.05) is 33.5 Å². The van der Waals surface area contributed by atoms with Gasteiger partial charge in [0.05, 0.1) is 22.5 Å². The van der Waals surface area contributed by atoms with E-state index in [0.717, 1.165) is 99.8 Å². The van der Waals surface area contributed by atoms with Gasteiger partial charge in [0.2, 0.25) is 0 Å². The van der Waals surface area contributed by atoms with Crippen LogP contribution in [0.3, 0.4) is 0 Å². The molecule has 0 aliphatic heterocycles. The fourth-order valence-electron chi connectivity index (χ4n) is 8.38. The van der Waals surface area contributed by atoms with Gasteiger partial charge < -0.3 is 9.80 Å². The molecule has 0 spiro atoms. The highest BCUT2D eigenvalue weighted by Gasteiger charge is 2.25. The Morgan fingerprint density at radius 3 is 1.30 bits per heavy atom. The highest BCUT2D eigenvalue weighted by atomic mass is 15.1. The second kappa shape index (κ2) is 17.1. The van der Waals surface area contributed by atoms with Gasteiger partial charge in [0.1, 0.15) is 12.1 Å². The number of nitriles is 2. The maximum Gasteiger partial charge on any atom is 0.102 e. The maximum atomic E-state index is 11.1. The van der Waals surface area contributed by atoms with Crippen molar-refractivity contribution in [1.29, 1.82) is 10.5 Å². The van der Waals surface area contributed by atoms with Gasteiger partial charge in [-0.15, -0.1) is 0 Å². The first-order valence-electron chi connectivity index (χ1n) is 20.6. The summed E-state index contributed by atoms with van der Waals surface area (Å²) in [5.74, 6) is 0. The van der Waals surface area contributed by atoms with Gasteiger partial charge in [-0.3, -0.25) is 0 Å². The Morgan fingerprint density at radius 2 is 0.934 bits per heavy atom. The molecule has 0 heterocycles. The SMILES string of the molecule is C=C/C(=C\C=C/C)c1ccc(N(c2ccc(C)cc2)c2cc3ccc4c(C#N)c(N(c5ccc(C)cc5)c5ccc(C(/C=C\C)=C/C)cc5)cc5ccc(c2C#N)c3c54)cc1. The van der Waals surface area contributed by atoms with Crippen molar-refractivity contribution in [2.45, 2.75) is 34.6 Å². The van der Waals surface area contributed by atoms with E-state index in [0.29, 0.717) is 11.1 Å². The smallest absolute Gasteiger partial charge is 0.102 e. The Hall–Kier alpha value is -7.92. The topological polar surface area (TPSA) is 54.1 Å². The predicted octanol–water partition coefficient (Wildman–Crippen LogP) is 16.0. The number of hydrogen-bond acceptors (Lipinski definition) is 4. The van der Waals surface area contributed by atoms with Crippen LogP contribution in [0.25, 0.3) is 43.5 Å². The van der Waals surface area contributed by atoms with Crippen molar-refractivity contribution in [3.05, 3.63) is 216 Å². The Balaban J connectivity index is 1.33. The van der Waals surface area contributed by atoms with Gasteiger partial charge in [0.15, 0.2) is 0 Å². The van der Waals surface area contributed by atoms with E-state index in [-0.39, 0.29) is 0 Å². The Bertz CT molecular complexity index is 3130. The molecule has 0 radical (unpaired) electrons. The summed E-state index contributed by atoms with van der Waals surface area (Å²) in [7, 11) is 0. The van der Waals surface area contributed by atoms with Crippen LogP contribution in [0.4, 0.5) is 34.1 Å². The molecule has 0 aliphatic rings. The zero-order chi connectivity index (χ0) is 42.6. The third-order valence-corrected chi connectivity index (χ3v) is 11.4. The molecule has 0 unspecified atom stereocenters. The van der Waals surface area contributed by atoms with Crippen LogP contribution in [0.5, 0.6) is 0 Å². The molecular weight excluding hydrogens is 741 g/mol. The Labute approximate surface area is 359 Å². The fraction of sp³-hybridized carbons (Fsp3) is 0.0877. The normalized spacial score (nSPS) is 12.1. The number of rotatable bonds is 11. The van der Waals surface area contributed by atoms with Crippen LogP contribution in [0.1, 0.15) is 54.2 Å². The number of anilines is 6. The predicted molar refractivity (Wildman–Crippen MR) is 260 cm³/mol. The highest BCUT2D eigenvalue weighted by molar-refractivity contribution is 6.27. The lowest BCUT2D eigenvalue weighted by Gasteiger charge is -2.29. The zero-order valence-corrected chi connectivity index (χ0v) is 35.2. The number of hydrogen-bond donors (Lipinski definition) is 0. The molecule has 0 bridgehead atoms. The largest absolute Gasteiger partial charge is 0.309 e. The summed E-state index contributed by atoms with van der Waals surface area (Å²) < 4.78 is 0. The second-order valence-corrected chi connectivity index (χ2v) is 15.2. The van der Waals surface area contributed by atoms with Crippen molar-refractivity contribution in [3.63, 3.8) is 0 Å². The molecule has 8 rings (SSSR count). The molecule has 0 fully saturated rings. The van der Waals surface area contributed by atoms with Crippen molar-refractivity contribution in [2.24, 2.45) is 0 Å². The van der Waals surface area contributed by atoms with Crippen molar-refractivity contribution in [1.82, 2.24) is 0 Å². The molecule has 0 aliphatic carbocycles. The molecule has 0 N–H and O–H groups in total. The van der Waals surface area contributed by atoms with E-state index >= 15 is 0 Å². The van der Waals surface area contributed by atoms with Gasteiger partial charge in [-0.2, -0.15) is 10.5 Å². The summed E-state index contributed by atoms with van der Waals surface area (Å²) in [6.45, 7) is 14.3. The first kappa shape index (κ1) is 39.9. The van der Waals surface area contributed by atoms with Crippen LogP contribution in [0.2, 0.25) is 0 Å². The van der Waals surface area contributed by atoms with Gasteiger partial charge in [-0.25, -0.2) is 0 Å². The van der Waals surface area contributed by atoms with E-state index in [2.05, 4.69) is 194 Å². The summed E-state index contributed by atoms with van der Waals surface area (Å²) in [6.07, 6.45) is 14.2. The maximum absolute atomic E-state index is 11.1. The fourth-order valence-corrected chi connectivity index (χ4v) is 8.38. The summed E-state index contributed by atoms with van der Waals surface area (Å²) in [5, 5.41) is 27.8. The van der Waals surface area contributed by atoms with Gasteiger partial charge in [-0.1, -0.05) is 133 Å². The number of allylic oxidation sites excluding steroid dienone is 9. The highest BCUT2D eigenvalue weighted by Crippen LogP contribution is 2.48. The van der Waals surface area contributed by atoms with Crippen LogP contribution < -0.4 is 9.80 Å². The molecule has 4 nitrogen and oxygen atoms in total. The monoisotopic (exact) mass is 786 g/mol. The van der Waals surface area contributed by atoms with E-state index in [1.54, 1.807) is 0 Å². The van der Waals surface area contributed by atoms with E-state index < -0.39 is 0 Å². The summed E-state index contributed by atoms with van der Waals surface area (Å²) in [5.41, 5.74) is 13.1. The Kier molecular flexibility index (Phi) is 11.2. The molecule has 0 saturated heterocycles. The molecule has 8 aromatic rings. The van der Waals surface area contributed by atoms with E-state index in [4.69, 9.17) is 0 Å². The number of benzene rings is 8. The number of nitrogens with zero attached hydrogens (tertiary/aromatic N) is 4. The lowest BCUT2D eigenvalue weighted by molar-refractivity contribution is 1.27. The average Bonchev–Trinajstić information content (AvgIpc) is 3.29. The summed E-state index contributed by atoms with van der Waals surface area (Å²) in [6, 6.07) is 51.6. The molecular formula is C57H46N4. The van der Waals surface area contributed by atoms with Crippen LogP contribution in [0, 0.1) is 36.5 Å². The minimum atomic E-state index is 0.564. The minimum absolute atomic E-state index is 0.564. The van der Waals surface area contributed by atoms with E-state index in [1.165, 1.54) is 0 Å². The average molecular weight is 787 g/mol. The van der Waals surface area contributed by atoms with Gasteiger partial charge in [0.25, 0.3) is 0 Å². The van der Waals surface area contributed by atoms with Crippen LogP contribution in [-0.4, -0.2) is 0 Å². The molecule has 0 aromatic heterocycles. The van der Waals surface area contributed by atoms with Crippen molar-refractivity contribution in [2.75, 3.05) is 9.80 Å². The van der Waals surface area contributed by atoms with Crippen molar-refractivity contribution < 1.29 is 0 Å². The molecule has 0 saturated carbocycles. The third-order valence-electron chi connectivity index (χ3n) is 11.4. The molecule has 61 heavy (non-hydrogen) atoms. The van der Waals surface area contributed by atoms with Crippen molar-refractivity contribution in [3.8, 4) is 12.1 Å². The summed E-state index contributed by atoms with van der Waals surface area (Å²) in [4.78, 5) is 4.35. The quantitative estimate of drug-likeness (QED) is 0.0968. The van der Waals surface area contributed by atoms with E-state index in [1.807, 2.05) is 45.1 Å². The molecule has 0 amide bonds. The first-order chi connectivity index (χ1) is 29.8. The second-order valence-electron chi connectivity index (χ2n) is 15.2. The molecule has 0 atom stereocenters. The lowest BCUT2D eigenvalue weighted by atomic mass is 9.88. The van der Waals surface area contributed by atoms with Crippen LogP contribution >= 0.6 is 0 Å². The Morgan fingerprint density at radius 1 is 0.525 bits per heavy atom. The first-order valence-corrected chi connectivity index (χ1v) is 20.6. The van der Waals surface area contributed by atoms with Gasteiger partial charge in [-0.05, 0) is 139 Å². The minimum Gasteiger partial charge on any atom is -0.309 e. The van der Waals surface area contributed by atoms with Crippen molar-refractivity contribution >= 4 is 77.6 Å². The number of aryl methyl sites for hydroxylation is 2. The van der Waals surface area contributed by atoms with Crippen LogP contribution in [-0.2, 0) is 0 Å².